The Morgan fingerprint density at radius 1 is 1.07 bits per heavy atom. The van der Waals surface area contributed by atoms with Crippen molar-refractivity contribution in [1.29, 1.82) is 5.26 Å². The minimum absolute atomic E-state index is 0.463. The molecule has 1 fully saturated rings. The van der Waals surface area contributed by atoms with Gasteiger partial charge < -0.3 is 9.80 Å². The molecule has 0 unspecified atom stereocenters. The van der Waals surface area contributed by atoms with Crippen LogP contribution in [0.25, 0.3) is 11.3 Å². The third-order valence-electron chi connectivity index (χ3n) is 4.48. The van der Waals surface area contributed by atoms with Gasteiger partial charge in [-0.1, -0.05) is 11.6 Å². The van der Waals surface area contributed by atoms with Gasteiger partial charge in [0.2, 0.25) is 0 Å². The summed E-state index contributed by atoms with van der Waals surface area (Å²) in [5, 5.41) is 13.6. The van der Waals surface area contributed by atoms with Crippen molar-refractivity contribution in [2.24, 2.45) is 7.05 Å². The molecule has 0 amide bonds. The van der Waals surface area contributed by atoms with Gasteiger partial charge in [-0.2, -0.15) is 10.4 Å². The van der Waals surface area contributed by atoms with E-state index in [0.717, 1.165) is 43.3 Å². The van der Waals surface area contributed by atoms with Crippen LogP contribution in [0.15, 0.2) is 37.1 Å². The summed E-state index contributed by atoms with van der Waals surface area (Å²) in [5.41, 5.74) is 2.21. The minimum Gasteiger partial charge on any atom is -0.352 e. The predicted octanol–water partition coefficient (Wildman–Crippen LogP) is 2.12. The molecule has 9 heteroatoms. The van der Waals surface area contributed by atoms with Gasteiger partial charge in [0.1, 0.15) is 17.7 Å². The maximum Gasteiger partial charge on any atom is 0.147 e. The molecule has 0 saturated carbocycles. The second-order valence-electron chi connectivity index (χ2n) is 6.28. The molecule has 4 rings (SSSR count). The van der Waals surface area contributed by atoms with Gasteiger partial charge in [0.15, 0.2) is 0 Å². The molecule has 8 nitrogen and oxygen atoms in total. The SMILES string of the molecule is Cn1cc(-c2cncc(N3CCN(c4ncc(C#N)cc4Cl)CC3)n2)cn1. The first-order chi connectivity index (χ1) is 13.1. The first-order valence-electron chi connectivity index (χ1n) is 8.50. The highest BCUT2D eigenvalue weighted by atomic mass is 35.5. The van der Waals surface area contributed by atoms with Crippen LogP contribution in [0.3, 0.4) is 0 Å². The number of nitriles is 1. The van der Waals surface area contributed by atoms with E-state index in [9.17, 15) is 0 Å². The Morgan fingerprint density at radius 2 is 1.85 bits per heavy atom. The molecule has 0 spiro atoms. The highest BCUT2D eigenvalue weighted by molar-refractivity contribution is 6.33. The lowest BCUT2D eigenvalue weighted by atomic mass is 10.2. The molecule has 27 heavy (non-hydrogen) atoms. The molecule has 0 aliphatic carbocycles. The van der Waals surface area contributed by atoms with Crippen LogP contribution < -0.4 is 9.80 Å². The predicted molar refractivity (Wildman–Crippen MR) is 103 cm³/mol. The second-order valence-corrected chi connectivity index (χ2v) is 6.69. The second kappa shape index (κ2) is 7.21. The van der Waals surface area contributed by atoms with Crippen LogP contribution in [0, 0.1) is 11.3 Å². The van der Waals surface area contributed by atoms with Crippen molar-refractivity contribution in [2.75, 3.05) is 36.0 Å². The molecular weight excluding hydrogens is 364 g/mol. The van der Waals surface area contributed by atoms with E-state index in [0.29, 0.717) is 16.4 Å². The fourth-order valence-electron chi connectivity index (χ4n) is 3.07. The van der Waals surface area contributed by atoms with Crippen LogP contribution in [0.1, 0.15) is 5.56 Å². The smallest absolute Gasteiger partial charge is 0.147 e. The number of piperazine rings is 1. The van der Waals surface area contributed by atoms with E-state index < -0.39 is 0 Å². The van der Waals surface area contributed by atoms with Crippen LogP contribution in [-0.4, -0.2) is 50.9 Å². The van der Waals surface area contributed by atoms with Gasteiger partial charge in [-0.15, -0.1) is 0 Å². The molecule has 0 N–H and O–H groups in total. The number of pyridine rings is 1. The molecule has 0 aromatic carbocycles. The molecule has 136 valence electrons. The lowest BCUT2D eigenvalue weighted by molar-refractivity contribution is 0.641. The van der Waals surface area contributed by atoms with Crippen molar-refractivity contribution >= 4 is 23.2 Å². The Bertz CT molecular complexity index is 1000. The Morgan fingerprint density at radius 3 is 2.52 bits per heavy atom. The summed E-state index contributed by atoms with van der Waals surface area (Å²) in [4.78, 5) is 17.7. The lowest BCUT2D eigenvalue weighted by Gasteiger charge is -2.36. The number of hydrogen-bond donors (Lipinski definition) is 0. The highest BCUT2D eigenvalue weighted by Crippen LogP contribution is 2.26. The summed E-state index contributed by atoms with van der Waals surface area (Å²) in [6, 6.07) is 3.70. The van der Waals surface area contributed by atoms with Gasteiger partial charge in [-0.05, 0) is 6.07 Å². The van der Waals surface area contributed by atoms with Gasteiger partial charge in [0.05, 0.1) is 34.9 Å². The summed E-state index contributed by atoms with van der Waals surface area (Å²) >= 11 is 6.29. The number of halogens is 1. The van der Waals surface area contributed by atoms with Crippen LogP contribution >= 0.6 is 11.6 Å². The number of aromatic nitrogens is 5. The van der Waals surface area contributed by atoms with Crippen molar-refractivity contribution in [3.8, 4) is 17.3 Å². The van der Waals surface area contributed by atoms with Crippen molar-refractivity contribution in [2.45, 2.75) is 0 Å². The topological polar surface area (TPSA) is 86.8 Å². The fraction of sp³-hybridized carbons (Fsp3) is 0.278. The van der Waals surface area contributed by atoms with Gasteiger partial charge in [0, 0.05) is 51.2 Å². The average Bonchev–Trinajstić information content (AvgIpc) is 3.14. The number of nitrogens with zero attached hydrogens (tertiary/aromatic N) is 8. The largest absolute Gasteiger partial charge is 0.352 e. The van der Waals surface area contributed by atoms with Crippen LogP contribution in [-0.2, 0) is 7.05 Å². The molecule has 0 atom stereocenters. The molecule has 1 aliphatic heterocycles. The molecule has 4 heterocycles. The lowest BCUT2D eigenvalue weighted by Crippen LogP contribution is -2.47. The average molecular weight is 381 g/mol. The van der Waals surface area contributed by atoms with Crippen molar-refractivity contribution in [1.82, 2.24) is 24.7 Å². The third kappa shape index (κ3) is 3.55. The Labute approximate surface area is 161 Å². The van der Waals surface area contributed by atoms with Gasteiger partial charge in [0.25, 0.3) is 0 Å². The number of aryl methyl sites for hydroxylation is 1. The summed E-state index contributed by atoms with van der Waals surface area (Å²) in [5.74, 6) is 1.56. The van der Waals surface area contributed by atoms with E-state index in [1.54, 1.807) is 35.5 Å². The number of anilines is 2. The maximum atomic E-state index is 8.94. The molecular formula is C18H17ClN8. The summed E-state index contributed by atoms with van der Waals surface area (Å²) in [7, 11) is 1.88. The van der Waals surface area contributed by atoms with Gasteiger partial charge in [-0.25, -0.2) is 9.97 Å². The first-order valence-corrected chi connectivity index (χ1v) is 8.88. The summed E-state index contributed by atoms with van der Waals surface area (Å²) < 4.78 is 1.75. The molecule has 0 radical (unpaired) electrons. The molecule has 1 saturated heterocycles. The van der Waals surface area contributed by atoms with Crippen LogP contribution in [0.4, 0.5) is 11.6 Å². The molecule has 3 aromatic rings. The normalized spacial score (nSPS) is 14.3. The molecule has 0 bridgehead atoms. The third-order valence-corrected chi connectivity index (χ3v) is 4.75. The van der Waals surface area contributed by atoms with E-state index in [-0.39, 0.29) is 0 Å². The van der Waals surface area contributed by atoms with Crippen molar-refractivity contribution < 1.29 is 0 Å². The maximum absolute atomic E-state index is 8.94. The molecule has 3 aromatic heterocycles. The number of rotatable bonds is 3. The number of hydrogen-bond acceptors (Lipinski definition) is 7. The van der Waals surface area contributed by atoms with E-state index in [1.165, 1.54) is 0 Å². The quantitative estimate of drug-likeness (QED) is 0.687. The van der Waals surface area contributed by atoms with Crippen molar-refractivity contribution in [3.63, 3.8) is 0 Å². The standard InChI is InChI=1S/C18H17ClN8/c1-25-12-14(9-23-25)16-10-21-11-17(24-16)26-2-4-27(5-3-26)18-15(19)6-13(7-20)8-22-18/h6,8-12H,2-5H2,1H3. The van der Waals surface area contributed by atoms with Gasteiger partial charge in [-0.3, -0.25) is 9.67 Å². The fourth-order valence-corrected chi connectivity index (χ4v) is 3.36. The van der Waals surface area contributed by atoms with E-state index in [4.69, 9.17) is 21.8 Å². The summed E-state index contributed by atoms with van der Waals surface area (Å²) in [6.07, 6.45) is 8.78. The summed E-state index contributed by atoms with van der Waals surface area (Å²) in [6.45, 7) is 3.08. The highest BCUT2D eigenvalue weighted by Gasteiger charge is 2.21. The zero-order valence-corrected chi connectivity index (χ0v) is 15.5. The molecule has 1 aliphatic rings. The Hall–Kier alpha value is -3.18. The van der Waals surface area contributed by atoms with Crippen molar-refractivity contribution in [3.05, 3.63) is 47.6 Å². The Kier molecular flexibility index (Phi) is 4.60. The van der Waals surface area contributed by atoms with Crippen LogP contribution in [0.2, 0.25) is 5.02 Å². The zero-order chi connectivity index (χ0) is 18.8. The van der Waals surface area contributed by atoms with E-state index in [2.05, 4.69) is 30.9 Å². The monoisotopic (exact) mass is 380 g/mol. The van der Waals surface area contributed by atoms with Gasteiger partial charge >= 0.3 is 0 Å². The van der Waals surface area contributed by atoms with Crippen LogP contribution in [0.5, 0.6) is 0 Å². The zero-order valence-electron chi connectivity index (χ0n) is 14.7. The first kappa shape index (κ1) is 17.2. The van der Waals surface area contributed by atoms with E-state index in [1.807, 2.05) is 13.2 Å². The minimum atomic E-state index is 0.463. The Balaban J connectivity index is 1.47. The van der Waals surface area contributed by atoms with E-state index >= 15 is 0 Å².